The SMILES string of the molecule is OCC1OC(O)C(O)C(O)[C@@H]1O[C@@H]1OC(CO)[C@H](O)[C@H](O)C1O. The van der Waals surface area contributed by atoms with Gasteiger partial charge in [0.25, 0.3) is 0 Å². The first-order chi connectivity index (χ1) is 10.8. The van der Waals surface area contributed by atoms with Crippen molar-refractivity contribution in [1.82, 2.24) is 0 Å². The van der Waals surface area contributed by atoms with Crippen LogP contribution in [0, 0.1) is 0 Å². The first kappa shape index (κ1) is 18.9. The van der Waals surface area contributed by atoms with Crippen molar-refractivity contribution < 1.29 is 55.1 Å². The van der Waals surface area contributed by atoms with Gasteiger partial charge in [-0.3, -0.25) is 0 Å². The van der Waals surface area contributed by atoms with Crippen LogP contribution in [0.5, 0.6) is 0 Å². The molecule has 136 valence electrons. The second-order valence-electron chi connectivity index (χ2n) is 5.53. The summed E-state index contributed by atoms with van der Waals surface area (Å²) in [6, 6.07) is 0. The van der Waals surface area contributed by atoms with E-state index in [1.165, 1.54) is 0 Å². The molecule has 2 fully saturated rings. The summed E-state index contributed by atoms with van der Waals surface area (Å²) in [7, 11) is 0. The molecule has 0 aromatic heterocycles. The molecule has 2 heterocycles. The summed E-state index contributed by atoms with van der Waals surface area (Å²) in [5, 5.41) is 76.5. The van der Waals surface area contributed by atoms with E-state index in [9.17, 15) is 35.7 Å². The normalized spacial score (nSPS) is 51.7. The van der Waals surface area contributed by atoms with Crippen LogP contribution in [0.3, 0.4) is 0 Å². The Morgan fingerprint density at radius 1 is 0.652 bits per heavy atom. The molecule has 2 saturated heterocycles. The molecular formula is C12H22O11. The molecule has 0 aromatic rings. The molecule has 6 unspecified atom stereocenters. The van der Waals surface area contributed by atoms with E-state index in [0.29, 0.717) is 0 Å². The average molecular weight is 342 g/mol. The summed E-state index contributed by atoms with van der Waals surface area (Å²) in [5.41, 5.74) is 0. The minimum Gasteiger partial charge on any atom is -0.394 e. The zero-order valence-electron chi connectivity index (χ0n) is 12.0. The molecule has 2 rings (SSSR count). The number of aliphatic hydroxyl groups is 8. The van der Waals surface area contributed by atoms with Crippen molar-refractivity contribution >= 4 is 0 Å². The second-order valence-corrected chi connectivity index (χ2v) is 5.53. The highest BCUT2D eigenvalue weighted by atomic mass is 16.7. The summed E-state index contributed by atoms with van der Waals surface area (Å²) in [5.74, 6) is 0. The van der Waals surface area contributed by atoms with Crippen molar-refractivity contribution in [1.29, 1.82) is 0 Å². The summed E-state index contributed by atoms with van der Waals surface area (Å²) in [6.45, 7) is -1.35. The van der Waals surface area contributed by atoms with E-state index in [1.54, 1.807) is 0 Å². The van der Waals surface area contributed by atoms with E-state index in [-0.39, 0.29) is 0 Å². The lowest BCUT2D eigenvalue weighted by Crippen LogP contribution is -2.64. The van der Waals surface area contributed by atoms with E-state index in [4.69, 9.17) is 19.3 Å². The largest absolute Gasteiger partial charge is 0.394 e. The molecule has 11 heteroatoms. The Bertz CT molecular complexity index is 378. The molecule has 0 spiro atoms. The van der Waals surface area contributed by atoms with Gasteiger partial charge in [0.2, 0.25) is 0 Å². The predicted octanol–water partition coefficient (Wildman–Crippen LogP) is -5.40. The van der Waals surface area contributed by atoms with Gasteiger partial charge in [-0.2, -0.15) is 0 Å². The van der Waals surface area contributed by atoms with Gasteiger partial charge in [0, 0.05) is 0 Å². The summed E-state index contributed by atoms with van der Waals surface area (Å²) >= 11 is 0. The Kier molecular flexibility index (Phi) is 6.27. The molecule has 0 saturated carbocycles. The van der Waals surface area contributed by atoms with Crippen molar-refractivity contribution in [2.45, 2.75) is 61.4 Å². The van der Waals surface area contributed by atoms with Crippen LogP contribution in [-0.4, -0.2) is 115 Å². The van der Waals surface area contributed by atoms with Gasteiger partial charge in [-0.05, 0) is 0 Å². The fourth-order valence-corrected chi connectivity index (χ4v) is 2.57. The van der Waals surface area contributed by atoms with Gasteiger partial charge in [0.1, 0.15) is 48.8 Å². The Hall–Kier alpha value is -0.440. The Balaban J connectivity index is 2.11. The van der Waals surface area contributed by atoms with E-state index < -0.39 is 74.6 Å². The smallest absolute Gasteiger partial charge is 0.187 e. The Morgan fingerprint density at radius 3 is 1.83 bits per heavy atom. The van der Waals surface area contributed by atoms with E-state index in [0.717, 1.165) is 0 Å². The van der Waals surface area contributed by atoms with Gasteiger partial charge in [-0.1, -0.05) is 0 Å². The molecule has 10 atom stereocenters. The summed E-state index contributed by atoms with van der Waals surface area (Å²) in [6.07, 6.45) is -15.6. The lowest BCUT2D eigenvalue weighted by molar-refractivity contribution is -0.355. The molecule has 0 aromatic carbocycles. The molecule has 0 radical (unpaired) electrons. The molecule has 8 N–H and O–H groups in total. The molecular weight excluding hydrogens is 320 g/mol. The van der Waals surface area contributed by atoms with Crippen LogP contribution in [0.4, 0.5) is 0 Å². The van der Waals surface area contributed by atoms with Gasteiger partial charge in [0.05, 0.1) is 13.2 Å². The minimum atomic E-state index is -1.74. The first-order valence-corrected chi connectivity index (χ1v) is 7.08. The van der Waals surface area contributed by atoms with Gasteiger partial charge in [-0.25, -0.2) is 0 Å². The fourth-order valence-electron chi connectivity index (χ4n) is 2.57. The van der Waals surface area contributed by atoms with Crippen molar-refractivity contribution in [2.24, 2.45) is 0 Å². The second kappa shape index (κ2) is 7.63. The van der Waals surface area contributed by atoms with Crippen LogP contribution in [0.15, 0.2) is 0 Å². The van der Waals surface area contributed by atoms with Crippen LogP contribution >= 0.6 is 0 Å². The third-order valence-electron chi connectivity index (χ3n) is 3.98. The lowest BCUT2D eigenvalue weighted by Gasteiger charge is -2.45. The number of rotatable bonds is 4. The number of hydrogen-bond acceptors (Lipinski definition) is 11. The molecule has 23 heavy (non-hydrogen) atoms. The van der Waals surface area contributed by atoms with Crippen LogP contribution < -0.4 is 0 Å². The van der Waals surface area contributed by atoms with Crippen LogP contribution in [-0.2, 0) is 14.2 Å². The van der Waals surface area contributed by atoms with E-state index in [1.807, 2.05) is 0 Å². The zero-order valence-corrected chi connectivity index (χ0v) is 12.0. The summed E-state index contributed by atoms with van der Waals surface area (Å²) < 4.78 is 15.3. The number of hydrogen-bond donors (Lipinski definition) is 8. The van der Waals surface area contributed by atoms with Crippen molar-refractivity contribution in [3.8, 4) is 0 Å². The third kappa shape index (κ3) is 3.65. The van der Waals surface area contributed by atoms with Gasteiger partial charge in [-0.15, -0.1) is 0 Å². The molecule has 0 amide bonds. The van der Waals surface area contributed by atoms with E-state index in [2.05, 4.69) is 0 Å². The molecule has 2 aliphatic rings. The summed E-state index contributed by atoms with van der Waals surface area (Å²) in [4.78, 5) is 0. The number of ether oxygens (including phenoxy) is 3. The molecule has 11 nitrogen and oxygen atoms in total. The molecule has 0 bridgehead atoms. The minimum absolute atomic E-state index is 0.667. The Morgan fingerprint density at radius 2 is 1.26 bits per heavy atom. The maximum Gasteiger partial charge on any atom is 0.187 e. The predicted molar refractivity (Wildman–Crippen MR) is 68.6 cm³/mol. The van der Waals surface area contributed by atoms with Gasteiger partial charge < -0.3 is 55.1 Å². The van der Waals surface area contributed by atoms with Gasteiger partial charge >= 0.3 is 0 Å². The zero-order chi connectivity index (χ0) is 17.3. The Labute approximate surface area is 130 Å². The van der Waals surface area contributed by atoms with Crippen molar-refractivity contribution in [2.75, 3.05) is 13.2 Å². The standard InChI is InChI=1S/C12H22O11/c13-1-3-5(15)6(16)9(19)12(22-3)23-10-4(2-14)21-11(20)8(18)7(10)17/h3-20H,1-2H2/t3?,4?,5-,6-,7?,8?,9?,10+,11?,12-/m0/s1. The van der Waals surface area contributed by atoms with Crippen molar-refractivity contribution in [3.63, 3.8) is 0 Å². The van der Waals surface area contributed by atoms with Crippen LogP contribution in [0.2, 0.25) is 0 Å². The average Bonchev–Trinajstić information content (AvgIpc) is 2.55. The number of aliphatic hydroxyl groups excluding tert-OH is 8. The highest BCUT2D eigenvalue weighted by molar-refractivity contribution is 4.93. The molecule has 0 aliphatic carbocycles. The third-order valence-corrected chi connectivity index (χ3v) is 3.98. The van der Waals surface area contributed by atoms with Crippen molar-refractivity contribution in [3.05, 3.63) is 0 Å². The highest BCUT2D eigenvalue weighted by Crippen LogP contribution is 2.28. The first-order valence-electron chi connectivity index (χ1n) is 7.08. The lowest BCUT2D eigenvalue weighted by atomic mass is 9.97. The topological polar surface area (TPSA) is 190 Å². The fraction of sp³-hybridized carbons (Fsp3) is 1.00. The van der Waals surface area contributed by atoms with Gasteiger partial charge in [0.15, 0.2) is 12.6 Å². The van der Waals surface area contributed by atoms with Crippen LogP contribution in [0.25, 0.3) is 0 Å². The quantitative estimate of drug-likeness (QED) is 0.243. The highest BCUT2D eigenvalue weighted by Gasteiger charge is 2.50. The maximum absolute atomic E-state index is 9.94. The maximum atomic E-state index is 9.94. The van der Waals surface area contributed by atoms with Crippen LogP contribution in [0.1, 0.15) is 0 Å². The molecule has 2 aliphatic heterocycles. The van der Waals surface area contributed by atoms with E-state index >= 15 is 0 Å². The monoisotopic (exact) mass is 342 g/mol.